The van der Waals surface area contributed by atoms with Crippen molar-refractivity contribution in [2.24, 2.45) is 0 Å². The van der Waals surface area contributed by atoms with Crippen molar-refractivity contribution in [2.45, 2.75) is 13.1 Å². The van der Waals surface area contributed by atoms with E-state index in [2.05, 4.69) is 96.4 Å². The number of hydrogen-bond donors (Lipinski definition) is 2. The fraction of sp³-hybridized carbons (Fsp3) is 0.0714. The summed E-state index contributed by atoms with van der Waals surface area (Å²) < 4.78 is 0. The van der Waals surface area contributed by atoms with Gasteiger partial charge in [0, 0.05) is 11.1 Å². The minimum Gasteiger partial charge on any atom is -0.545 e. The zero-order valence-electron chi connectivity index (χ0n) is 18.9. The number of fused-ring (bicyclic) bond motifs is 2. The van der Waals surface area contributed by atoms with E-state index in [4.69, 9.17) is 0 Å². The summed E-state index contributed by atoms with van der Waals surface area (Å²) in [6.45, 7) is 1.72. The lowest BCUT2D eigenvalue weighted by Crippen LogP contribution is -2.47. The number of rotatable bonds is 5. The Labute approximate surface area is 198 Å². The largest absolute Gasteiger partial charge is 0.545 e. The van der Waals surface area contributed by atoms with Gasteiger partial charge in [0.2, 0.25) is 0 Å². The molecule has 0 aliphatic carbocycles. The Morgan fingerprint density at radius 3 is 1.29 bits per heavy atom. The van der Waals surface area contributed by atoms with Gasteiger partial charge in [0.1, 0.15) is 13.1 Å². The van der Waals surface area contributed by atoms with Crippen LogP contribution in [0.5, 0.6) is 0 Å². The molecule has 0 fully saturated rings. The van der Waals surface area contributed by atoms with Crippen molar-refractivity contribution < 1.29 is 31.3 Å². The standard InChI is InChI=1S/2C11H11N.C6H6O4/c2*12-8-10-6-3-5-9-4-1-2-7-11(9)10;7-5(8)3-1-2-4-6(9)10/h2*1-7H,8,12H2;1-4H,(H,7,8)(H,9,10)/b;;3-1+,4-2+. The molecule has 0 saturated carbocycles. The summed E-state index contributed by atoms with van der Waals surface area (Å²) in [5.41, 5.74) is 10.5. The van der Waals surface area contributed by atoms with Crippen LogP contribution >= 0.6 is 0 Å². The van der Waals surface area contributed by atoms with Crippen LogP contribution in [0, 0.1) is 0 Å². The van der Waals surface area contributed by atoms with Gasteiger partial charge in [-0.1, -0.05) is 97.1 Å². The molecule has 0 unspecified atom stereocenters. The number of carbonyl (C=O) groups excluding carboxylic acids is 2. The molecule has 0 aliphatic heterocycles. The molecule has 6 N–H and O–H groups in total. The second-order valence-electron chi connectivity index (χ2n) is 7.13. The number of allylic oxidation sites excluding steroid dienone is 2. The lowest BCUT2D eigenvalue weighted by Gasteiger charge is -2.00. The maximum absolute atomic E-state index is 9.65. The molecule has 174 valence electrons. The van der Waals surface area contributed by atoms with Crippen LogP contribution in [-0.2, 0) is 22.7 Å². The van der Waals surface area contributed by atoms with E-state index >= 15 is 0 Å². The topological polar surface area (TPSA) is 136 Å². The van der Waals surface area contributed by atoms with Gasteiger partial charge in [-0.3, -0.25) is 0 Å². The van der Waals surface area contributed by atoms with Crippen LogP contribution in [0.1, 0.15) is 11.1 Å². The Morgan fingerprint density at radius 1 is 0.588 bits per heavy atom. The van der Waals surface area contributed by atoms with Crippen molar-refractivity contribution in [3.63, 3.8) is 0 Å². The molecule has 0 radical (unpaired) electrons. The van der Waals surface area contributed by atoms with Gasteiger partial charge in [-0.05, 0) is 33.7 Å². The van der Waals surface area contributed by atoms with Crippen molar-refractivity contribution in [2.75, 3.05) is 0 Å². The van der Waals surface area contributed by atoms with Crippen LogP contribution in [0.3, 0.4) is 0 Å². The molecule has 0 bridgehead atoms. The summed E-state index contributed by atoms with van der Waals surface area (Å²) in [6, 6.07) is 29.5. The Hall–Kier alpha value is -4.26. The Balaban J connectivity index is 0.000000182. The quantitative estimate of drug-likeness (QED) is 0.338. The first-order valence-electron chi connectivity index (χ1n) is 10.7. The van der Waals surface area contributed by atoms with E-state index in [9.17, 15) is 19.8 Å². The number of benzene rings is 4. The summed E-state index contributed by atoms with van der Waals surface area (Å²) in [5.74, 6) is -2.74. The first-order valence-corrected chi connectivity index (χ1v) is 10.7. The zero-order chi connectivity index (χ0) is 24.8. The Kier molecular flexibility index (Phi) is 10.7. The van der Waals surface area contributed by atoms with Crippen molar-refractivity contribution in [1.82, 2.24) is 0 Å². The SMILES string of the molecule is O=C([O-])/C=C/C=C/C(=O)[O-].[NH3+]Cc1cccc2ccccc12.[NH3+]Cc1cccc2ccccc12. The molecule has 0 aromatic heterocycles. The highest BCUT2D eigenvalue weighted by Crippen LogP contribution is 2.18. The van der Waals surface area contributed by atoms with Gasteiger partial charge in [0.25, 0.3) is 0 Å². The molecule has 0 spiro atoms. The summed E-state index contributed by atoms with van der Waals surface area (Å²) in [5, 5.41) is 24.6. The fourth-order valence-electron chi connectivity index (χ4n) is 3.29. The third-order valence-corrected chi connectivity index (χ3v) is 4.87. The smallest absolute Gasteiger partial charge is 0.100 e. The fourth-order valence-corrected chi connectivity index (χ4v) is 3.29. The van der Waals surface area contributed by atoms with Gasteiger partial charge in [-0.25, -0.2) is 0 Å². The van der Waals surface area contributed by atoms with Gasteiger partial charge in [-0.2, -0.15) is 0 Å². The Bertz CT molecular complexity index is 1180. The number of carboxylic acid groups (broad SMARTS) is 2. The maximum atomic E-state index is 9.65. The predicted molar refractivity (Wildman–Crippen MR) is 129 cm³/mol. The van der Waals surface area contributed by atoms with Gasteiger partial charge >= 0.3 is 0 Å². The van der Waals surface area contributed by atoms with Crippen LogP contribution in [0.25, 0.3) is 21.5 Å². The van der Waals surface area contributed by atoms with Gasteiger partial charge in [0.15, 0.2) is 0 Å². The molecule has 6 heteroatoms. The van der Waals surface area contributed by atoms with Crippen molar-refractivity contribution in [1.29, 1.82) is 0 Å². The summed E-state index contributed by atoms with van der Waals surface area (Å²) in [7, 11) is 0. The van der Waals surface area contributed by atoms with E-state index in [1.54, 1.807) is 0 Å². The number of aliphatic carboxylic acids is 2. The molecule has 6 nitrogen and oxygen atoms in total. The minimum atomic E-state index is -1.37. The van der Waals surface area contributed by atoms with E-state index in [0.717, 1.165) is 25.2 Å². The average Bonchev–Trinajstić information content (AvgIpc) is 2.86. The van der Waals surface area contributed by atoms with E-state index in [0.29, 0.717) is 12.2 Å². The van der Waals surface area contributed by atoms with Crippen LogP contribution < -0.4 is 21.7 Å². The highest BCUT2D eigenvalue weighted by Gasteiger charge is 1.98. The molecule has 4 aromatic rings. The number of quaternary nitrogens is 2. The second-order valence-corrected chi connectivity index (χ2v) is 7.13. The normalized spacial score (nSPS) is 10.5. The molecule has 4 rings (SSSR count). The van der Waals surface area contributed by atoms with Gasteiger partial charge in [-0.15, -0.1) is 0 Å². The van der Waals surface area contributed by atoms with Gasteiger partial charge < -0.3 is 31.3 Å². The van der Waals surface area contributed by atoms with E-state index < -0.39 is 11.9 Å². The van der Waals surface area contributed by atoms with Crippen molar-refractivity contribution >= 4 is 33.5 Å². The van der Waals surface area contributed by atoms with E-state index in [-0.39, 0.29) is 0 Å². The number of carbonyl (C=O) groups is 2. The summed E-state index contributed by atoms with van der Waals surface area (Å²) >= 11 is 0. The predicted octanol–water partition coefficient (Wildman–Crippen LogP) is 0.762. The molecule has 4 aromatic carbocycles. The second kappa shape index (κ2) is 14.0. The van der Waals surface area contributed by atoms with Crippen molar-refractivity contribution in [3.8, 4) is 0 Å². The van der Waals surface area contributed by atoms with Crippen molar-refractivity contribution in [3.05, 3.63) is 120 Å². The van der Waals surface area contributed by atoms with Crippen LogP contribution in [0.15, 0.2) is 109 Å². The van der Waals surface area contributed by atoms with E-state index in [1.807, 2.05) is 0 Å². The average molecular weight is 457 g/mol. The number of carboxylic acids is 2. The molecular weight excluding hydrogens is 428 g/mol. The van der Waals surface area contributed by atoms with Crippen LogP contribution in [0.2, 0.25) is 0 Å². The van der Waals surface area contributed by atoms with E-state index in [1.165, 1.54) is 32.7 Å². The van der Waals surface area contributed by atoms with Crippen LogP contribution in [0.4, 0.5) is 0 Å². The molecule has 0 amide bonds. The maximum Gasteiger partial charge on any atom is 0.100 e. The molecule has 0 atom stereocenters. The zero-order valence-corrected chi connectivity index (χ0v) is 18.9. The molecular formula is C28H28N2O4. The third-order valence-electron chi connectivity index (χ3n) is 4.87. The summed E-state index contributed by atoms with van der Waals surface area (Å²) in [6.07, 6.45) is 3.48. The first-order chi connectivity index (χ1) is 16.5. The molecule has 0 heterocycles. The van der Waals surface area contributed by atoms with Crippen LogP contribution in [-0.4, -0.2) is 11.9 Å². The molecule has 0 saturated heterocycles. The molecule has 34 heavy (non-hydrogen) atoms. The van der Waals surface area contributed by atoms with Gasteiger partial charge in [0.05, 0.1) is 11.9 Å². The third kappa shape index (κ3) is 8.35. The number of hydrogen-bond acceptors (Lipinski definition) is 4. The monoisotopic (exact) mass is 456 g/mol. The highest BCUT2D eigenvalue weighted by molar-refractivity contribution is 5.86. The lowest BCUT2D eigenvalue weighted by atomic mass is 10.1. The minimum absolute atomic E-state index is 0.708. The first kappa shape index (κ1) is 26.0. The molecule has 0 aliphatic rings. The highest BCUT2D eigenvalue weighted by atomic mass is 16.4. The summed E-state index contributed by atoms with van der Waals surface area (Å²) in [4.78, 5) is 19.3. The Morgan fingerprint density at radius 2 is 0.941 bits per heavy atom. The lowest BCUT2D eigenvalue weighted by molar-refractivity contribution is -0.386.